The van der Waals surface area contributed by atoms with Gasteiger partial charge in [-0.1, -0.05) is 32.0 Å². The highest BCUT2D eigenvalue weighted by Crippen LogP contribution is 2.29. The van der Waals surface area contributed by atoms with Crippen molar-refractivity contribution in [1.29, 1.82) is 0 Å². The van der Waals surface area contributed by atoms with Gasteiger partial charge < -0.3 is 4.74 Å². The van der Waals surface area contributed by atoms with Gasteiger partial charge in [-0.3, -0.25) is 4.68 Å². The Labute approximate surface area is 131 Å². The summed E-state index contributed by atoms with van der Waals surface area (Å²) < 4.78 is 7.51. The number of alkyl halides is 1. The molecular weight excluding hydrogens is 284 g/mol. The van der Waals surface area contributed by atoms with E-state index in [0.29, 0.717) is 6.54 Å². The lowest BCUT2D eigenvalue weighted by Crippen LogP contribution is -2.08. The second-order valence-corrected chi connectivity index (χ2v) is 5.75. The van der Waals surface area contributed by atoms with Crippen molar-refractivity contribution in [2.45, 2.75) is 45.5 Å². The number of halogens is 1. The maximum Gasteiger partial charge on any atom is 0.123 e. The van der Waals surface area contributed by atoms with Crippen LogP contribution in [0.15, 0.2) is 24.3 Å². The predicted octanol–water partition coefficient (Wildman–Crippen LogP) is 4.36. The lowest BCUT2D eigenvalue weighted by atomic mass is 10.1. The molecule has 0 amide bonds. The van der Waals surface area contributed by atoms with Crippen LogP contribution in [-0.4, -0.2) is 16.9 Å². The largest absolute Gasteiger partial charge is 0.496 e. The first-order valence-electron chi connectivity index (χ1n) is 7.46. The van der Waals surface area contributed by atoms with Crippen LogP contribution in [0.1, 0.15) is 48.7 Å². The van der Waals surface area contributed by atoms with Crippen LogP contribution in [0, 0.1) is 0 Å². The standard InChI is InChI=1S/C17H23ClN2O/c1-5-14-17(12(3)18)15(6-2)20(19-14)11-13-9-7-8-10-16(13)21-4/h7-10,12H,5-6,11H2,1-4H3. The molecule has 2 rings (SSSR count). The molecule has 3 nitrogen and oxygen atoms in total. The molecule has 0 aliphatic rings. The molecule has 0 spiro atoms. The van der Waals surface area contributed by atoms with Gasteiger partial charge >= 0.3 is 0 Å². The number of benzene rings is 1. The van der Waals surface area contributed by atoms with Crippen LogP contribution in [0.25, 0.3) is 0 Å². The topological polar surface area (TPSA) is 27.1 Å². The minimum atomic E-state index is -0.0127. The molecule has 4 heteroatoms. The van der Waals surface area contributed by atoms with E-state index < -0.39 is 0 Å². The van der Waals surface area contributed by atoms with Gasteiger partial charge in [0, 0.05) is 16.8 Å². The van der Waals surface area contributed by atoms with E-state index in [-0.39, 0.29) is 5.38 Å². The highest BCUT2D eigenvalue weighted by Gasteiger charge is 2.19. The zero-order valence-electron chi connectivity index (χ0n) is 13.2. The Morgan fingerprint density at radius 1 is 1.24 bits per heavy atom. The monoisotopic (exact) mass is 306 g/mol. The molecule has 0 saturated heterocycles. The first-order chi connectivity index (χ1) is 10.1. The molecular formula is C17H23ClN2O. The number of aromatic nitrogens is 2. The van der Waals surface area contributed by atoms with Crippen molar-refractivity contribution in [3.05, 3.63) is 46.8 Å². The summed E-state index contributed by atoms with van der Waals surface area (Å²) in [6.45, 7) is 7.00. The molecule has 1 aromatic carbocycles. The van der Waals surface area contributed by atoms with Crippen molar-refractivity contribution in [1.82, 2.24) is 9.78 Å². The Morgan fingerprint density at radius 3 is 2.52 bits per heavy atom. The van der Waals surface area contributed by atoms with Gasteiger partial charge in [0.05, 0.1) is 24.7 Å². The summed E-state index contributed by atoms with van der Waals surface area (Å²) in [7, 11) is 1.70. The Kier molecular flexibility index (Phi) is 5.29. The van der Waals surface area contributed by atoms with Crippen molar-refractivity contribution in [2.24, 2.45) is 0 Å². The summed E-state index contributed by atoms with van der Waals surface area (Å²) in [5.41, 5.74) is 4.65. The first kappa shape index (κ1) is 15.9. The van der Waals surface area contributed by atoms with Gasteiger partial charge in [-0.2, -0.15) is 5.10 Å². The fourth-order valence-electron chi connectivity index (χ4n) is 2.78. The Balaban J connectivity index is 2.44. The third kappa shape index (κ3) is 3.24. The molecule has 114 valence electrons. The van der Waals surface area contributed by atoms with Crippen LogP contribution < -0.4 is 4.74 Å². The molecule has 1 unspecified atom stereocenters. The van der Waals surface area contributed by atoms with E-state index in [2.05, 4.69) is 24.6 Å². The molecule has 2 aromatic rings. The van der Waals surface area contributed by atoms with Crippen molar-refractivity contribution >= 4 is 11.6 Å². The Hall–Kier alpha value is -1.48. The van der Waals surface area contributed by atoms with E-state index in [9.17, 15) is 0 Å². The minimum Gasteiger partial charge on any atom is -0.496 e. The van der Waals surface area contributed by atoms with Gasteiger partial charge in [0.1, 0.15) is 5.75 Å². The van der Waals surface area contributed by atoms with Crippen LogP contribution >= 0.6 is 11.6 Å². The van der Waals surface area contributed by atoms with E-state index in [1.165, 1.54) is 11.3 Å². The van der Waals surface area contributed by atoms with E-state index in [0.717, 1.165) is 29.8 Å². The zero-order chi connectivity index (χ0) is 15.4. The molecule has 21 heavy (non-hydrogen) atoms. The normalized spacial score (nSPS) is 12.4. The van der Waals surface area contributed by atoms with E-state index in [1.54, 1.807) is 7.11 Å². The second kappa shape index (κ2) is 6.99. The number of aryl methyl sites for hydroxylation is 1. The quantitative estimate of drug-likeness (QED) is 0.741. The van der Waals surface area contributed by atoms with Crippen molar-refractivity contribution in [3.8, 4) is 5.75 Å². The summed E-state index contributed by atoms with van der Waals surface area (Å²) in [6, 6.07) is 8.07. The summed E-state index contributed by atoms with van der Waals surface area (Å²) in [5, 5.41) is 4.76. The molecule has 0 saturated carbocycles. The zero-order valence-corrected chi connectivity index (χ0v) is 13.9. The predicted molar refractivity (Wildman–Crippen MR) is 87.3 cm³/mol. The molecule has 0 bridgehead atoms. The third-order valence-electron chi connectivity index (χ3n) is 3.75. The molecule has 0 N–H and O–H groups in total. The van der Waals surface area contributed by atoms with E-state index >= 15 is 0 Å². The van der Waals surface area contributed by atoms with Gasteiger partial charge in [0.15, 0.2) is 0 Å². The Bertz CT molecular complexity index is 605. The fourth-order valence-corrected chi connectivity index (χ4v) is 3.04. The van der Waals surface area contributed by atoms with Crippen LogP contribution in [0.4, 0.5) is 0 Å². The van der Waals surface area contributed by atoms with Crippen LogP contribution in [0.5, 0.6) is 5.75 Å². The summed E-state index contributed by atoms with van der Waals surface area (Å²) >= 11 is 6.37. The Morgan fingerprint density at radius 2 is 1.95 bits per heavy atom. The molecule has 1 heterocycles. The number of methoxy groups -OCH3 is 1. The van der Waals surface area contributed by atoms with Gasteiger partial charge in [-0.15, -0.1) is 11.6 Å². The van der Waals surface area contributed by atoms with E-state index in [1.807, 2.05) is 25.1 Å². The van der Waals surface area contributed by atoms with Gasteiger partial charge in [0.25, 0.3) is 0 Å². The van der Waals surface area contributed by atoms with Crippen LogP contribution in [0.2, 0.25) is 0 Å². The molecule has 1 aromatic heterocycles. The van der Waals surface area contributed by atoms with Gasteiger partial charge in [-0.05, 0) is 25.8 Å². The fraction of sp³-hybridized carbons (Fsp3) is 0.471. The van der Waals surface area contributed by atoms with Gasteiger partial charge in [-0.25, -0.2) is 0 Å². The van der Waals surface area contributed by atoms with Gasteiger partial charge in [0.2, 0.25) is 0 Å². The van der Waals surface area contributed by atoms with E-state index in [4.69, 9.17) is 21.4 Å². The summed E-state index contributed by atoms with van der Waals surface area (Å²) in [6.07, 6.45) is 1.83. The molecule has 0 aliphatic carbocycles. The summed E-state index contributed by atoms with van der Waals surface area (Å²) in [5.74, 6) is 0.897. The molecule has 0 radical (unpaired) electrons. The molecule has 0 fully saturated rings. The maximum absolute atomic E-state index is 6.37. The second-order valence-electron chi connectivity index (χ2n) is 5.10. The first-order valence-corrected chi connectivity index (χ1v) is 7.90. The van der Waals surface area contributed by atoms with Crippen LogP contribution in [-0.2, 0) is 19.4 Å². The SMILES string of the molecule is CCc1nn(Cc2ccccc2OC)c(CC)c1C(C)Cl. The number of nitrogens with zero attached hydrogens (tertiary/aromatic N) is 2. The van der Waals surface area contributed by atoms with Crippen molar-refractivity contribution in [3.63, 3.8) is 0 Å². The van der Waals surface area contributed by atoms with Crippen molar-refractivity contribution in [2.75, 3.05) is 7.11 Å². The maximum atomic E-state index is 6.37. The molecule has 1 atom stereocenters. The number of para-hydroxylation sites is 1. The lowest BCUT2D eigenvalue weighted by molar-refractivity contribution is 0.407. The smallest absolute Gasteiger partial charge is 0.123 e. The summed E-state index contributed by atoms with van der Waals surface area (Å²) in [4.78, 5) is 0. The lowest BCUT2D eigenvalue weighted by Gasteiger charge is -2.11. The highest BCUT2D eigenvalue weighted by atomic mass is 35.5. The highest BCUT2D eigenvalue weighted by molar-refractivity contribution is 6.20. The molecule has 0 aliphatic heterocycles. The third-order valence-corrected chi connectivity index (χ3v) is 3.97. The number of hydrogen-bond acceptors (Lipinski definition) is 2. The van der Waals surface area contributed by atoms with Crippen molar-refractivity contribution < 1.29 is 4.74 Å². The number of ether oxygens (including phenoxy) is 1. The number of rotatable bonds is 6. The minimum absolute atomic E-state index is 0.0127. The average Bonchev–Trinajstić information content (AvgIpc) is 2.85. The average molecular weight is 307 g/mol. The number of hydrogen-bond donors (Lipinski definition) is 0. The van der Waals surface area contributed by atoms with Crippen LogP contribution in [0.3, 0.4) is 0 Å².